The molecule has 3 aliphatic rings. The summed E-state index contributed by atoms with van der Waals surface area (Å²) in [6, 6.07) is 11.3. The summed E-state index contributed by atoms with van der Waals surface area (Å²) in [5.74, 6) is -0.505. The zero-order valence-corrected chi connectivity index (χ0v) is 20.6. The summed E-state index contributed by atoms with van der Waals surface area (Å²) in [5, 5.41) is 5.18. The molecule has 2 fully saturated rings. The second-order valence-corrected chi connectivity index (χ2v) is 11.0. The van der Waals surface area contributed by atoms with Gasteiger partial charge in [0.15, 0.2) is 5.17 Å². The van der Waals surface area contributed by atoms with E-state index in [1.165, 1.54) is 23.1 Å². The Bertz CT molecular complexity index is 1100. The third-order valence-corrected chi connectivity index (χ3v) is 8.69. The van der Waals surface area contributed by atoms with Crippen LogP contribution in [0.15, 0.2) is 46.8 Å². The number of thioether (sulfide) groups is 1. The molecule has 2 saturated heterocycles. The van der Waals surface area contributed by atoms with Gasteiger partial charge in [-0.2, -0.15) is 4.99 Å². The van der Waals surface area contributed by atoms with E-state index in [4.69, 9.17) is 0 Å². The van der Waals surface area contributed by atoms with Crippen molar-refractivity contribution >= 4 is 51.7 Å². The van der Waals surface area contributed by atoms with Gasteiger partial charge in [-0.1, -0.05) is 23.9 Å². The first-order valence-corrected chi connectivity index (χ1v) is 13.6. The van der Waals surface area contributed by atoms with Crippen molar-refractivity contribution in [2.24, 2.45) is 4.99 Å². The number of nitrogens with one attached hydrogen (secondary N) is 1. The fourth-order valence-corrected chi connectivity index (χ4v) is 6.78. The van der Waals surface area contributed by atoms with Gasteiger partial charge in [-0.25, -0.2) is 0 Å². The summed E-state index contributed by atoms with van der Waals surface area (Å²) >= 11 is 3.07. The highest BCUT2D eigenvalue weighted by atomic mass is 32.2. The molecule has 0 spiro atoms. The average Bonchev–Trinajstić information content (AvgIpc) is 3.61. The van der Waals surface area contributed by atoms with E-state index in [1.54, 1.807) is 35.6 Å². The first-order chi connectivity index (χ1) is 16.6. The number of rotatable bonds is 5. The number of likely N-dealkylation sites (tertiary alicyclic amines) is 2. The van der Waals surface area contributed by atoms with Crippen molar-refractivity contribution in [2.45, 2.75) is 49.8 Å². The van der Waals surface area contributed by atoms with E-state index in [0.717, 1.165) is 50.5 Å². The quantitative estimate of drug-likeness (QED) is 0.657. The second-order valence-electron chi connectivity index (χ2n) is 8.89. The predicted molar refractivity (Wildman–Crippen MR) is 136 cm³/mol. The summed E-state index contributed by atoms with van der Waals surface area (Å²) in [6.07, 6.45) is 5.45. The fraction of sp³-hybridized carbons (Fsp3) is 0.440. The monoisotopic (exact) mass is 496 g/mol. The lowest BCUT2D eigenvalue weighted by atomic mass is 10.1. The first kappa shape index (κ1) is 23.1. The average molecular weight is 497 g/mol. The number of aliphatic imine (C=N–C) groups is 1. The Hall–Kier alpha value is -2.65. The van der Waals surface area contributed by atoms with Gasteiger partial charge in [-0.15, -0.1) is 11.3 Å². The van der Waals surface area contributed by atoms with Crippen LogP contribution in [0.25, 0.3) is 0 Å². The number of carbonyl (C=O) groups is 3. The van der Waals surface area contributed by atoms with Gasteiger partial charge < -0.3 is 15.1 Å². The summed E-state index contributed by atoms with van der Waals surface area (Å²) < 4.78 is 0. The van der Waals surface area contributed by atoms with Crippen LogP contribution in [0.3, 0.4) is 0 Å². The topological polar surface area (TPSA) is 82.1 Å². The Labute approximate surface area is 207 Å². The van der Waals surface area contributed by atoms with Crippen LogP contribution >= 0.6 is 23.1 Å². The number of carbonyl (C=O) groups excluding carboxylic acids is 3. The minimum Gasteiger partial charge on any atom is -0.351 e. The number of amides is 3. The summed E-state index contributed by atoms with van der Waals surface area (Å²) in [7, 11) is 0. The minimum atomic E-state index is -0.488. The Morgan fingerprint density at radius 1 is 1.06 bits per heavy atom. The van der Waals surface area contributed by atoms with Crippen molar-refractivity contribution in [3.63, 3.8) is 0 Å². The molecule has 2 aromatic rings. The van der Waals surface area contributed by atoms with Gasteiger partial charge >= 0.3 is 0 Å². The van der Waals surface area contributed by atoms with Crippen LogP contribution < -0.4 is 5.32 Å². The molecule has 1 N–H and O–H groups in total. The van der Waals surface area contributed by atoms with Crippen molar-refractivity contribution in [3.05, 3.63) is 52.2 Å². The van der Waals surface area contributed by atoms with Crippen LogP contribution in [0.4, 0.5) is 5.69 Å². The van der Waals surface area contributed by atoms with E-state index in [9.17, 15) is 14.4 Å². The molecule has 3 amide bonds. The molecule has 5 rings (SSSR count). The molecule has 0 aliphatic carbocycles. The fourth-order valence-electron chi connectivity index (χ4n) is 4.79. The molecule has 1 aromatic carbocycles. The van der Waals surface area contributed by atoms with Crippen LogP contribution in [0.2, 0.25) is 0 Å². The van der Waals surface area contributed by atoms with Crippen LogP contribution in [-0.4, -0.2) is 57.6 Å². The lowest BCUT2D eigenvalue weighted by Gasteiger charge is -2.27. The number of hydrogen-bond acceptors (Lipinski definition) is 6. The van der Waals surface area contributed by atoms with Crippen LogP contribution in [0, 0.1) is 0 Å². The Kier molecular flexibility index (Phi) is 7.01. The van der Waals surface area contributed by atoms with Crippen molar-refractivity contribution in [1.82, 2.24) is 9.80 Å². The van der Waals surface area contributed by atoms with Gasteiger partial charge in [0.2, 0.25) is 5.91 Å². The van der Waals surface area contributed by atoms with E-state index < -0.39 is 5.25 Å². The molecule has 34 heavy (non-hydrogen) atoms. The zero-order valence-electron chi connectivity index (χ0n) is 18.9. The van der Waals surface area contributed by atoms with Gasteiger partial charge in [0.05, 0.1) is 6.04 Å². The van der Waals surface area contributed by atoms with E-state index in [0.29, 0.717) is 11.3 Å². The number of nitrogens with zero attached hydrogens (tertiary/aromatic N) is 3. The maximum atomic E-state index is 13.2. The number of piperidine rings is 1. The van der Waals surface area contributed by atoms with E-state index in [1.807, 2.05) is 16.3 Å². The molecule has 4 heterocycles. The standard InChI is InChI=1S/C25H28N4O3S2/c30-22(16-21-23(31)27-25(34-21)28-11-2-1-3-12-28)26-18-8-4-7-17(15-18)24(32)29-13-5-9-19(29)20-10-6-14-33-20/h4,6-8,10,14-15,19,21H,1-3,5,9,11-13,16H2,(H,26,30). The summed E-state index contributed by atoms with van der Waals surface area (Å²) in [4.78, 5) is 47.8. The molecule has 0 radical (unpaired) electrons. The van der Waals surface area contributed by atoms with Crippen molar-refractivity contribution in [3.8, 4) is 0 Å². The van der Waals surface area contributed by atoms with Crippen molar-refractivity contribution in [2.75, 3.05) is 25.0 Å². The number of amidine groups is 1. The van der Waals surface area contributed by atoms with Crippen LogP contribution in [0.5, 0.6) is 0 Å². The zero-order chi connectivity index (χ0) is 23.5. The number of hydrogen-bond donors (Lipinski definition) is 1. The molecule has 2 atom stereocenters. The van der Waals surface area contributed by atoms with Gasteiger partial charge in [0.1, 0.15) is 5.25 Å². The Morgan fingerprint density at radius 2 is 1.91 bits per heavy atom. The van der Waals surface area contributed by atoms with Crippen LogP contribution in [0.1, 0.15) is 59.8 Å². The van der Waals surface area contributed by atoms with Crippen molar-refractivity contribution < 1.29 is 14.4 Å². The smallest absolute Gasteiger partial charge is 0.262 e. The normalized spacial score (nSPS) is 22.7. The highest BCUT2D eigenvalue weighted by Crippen LogP contribution is 2.35. The summed E-state index contributed by atoms with van der Waals surface area (Å²) in [6.45, 7) is 2.57. The lowest BCUT2D eigenvalue weighted by Crippen LogP contribution is -2.33. The number of thiophene rings is 1. The maximum Gasteiger partial charge on any atom is 0.262 e. The van der Waals surface area contributed by atoms with E-state index >= 15 is 0 Å². The molecule has 178 valence electrons. The molecule has 1 aromatic heterocycles. The number of benzene rings is 1. The third kappa shape index (κ3) is 5.05. The molecule has 0 bridgehead atoms. The predicted octanol–water partition coefficient (Wildman–Crippen LogP) is 4.54. The molecular formula is C25H28N4O3S2. The molecular weight excluding hydrogens is 468 g/mol. The molecule has 7 nitrogen and oxygen atoms in total. The third-order valence-electron chi connectivity index (χ3n) is 6.50. The maximum absolute atomic E-state index is 13.2. The Morgan fingerprint density at radius 3 is 2.71 bits per heavy atom. The molecule has 3 aliphatic heterocycles. The van der Waals surface area contributed by atoms with Crippen molar-refractivity contribution in [1.29, 1.82) is 0 Å². The summed E-state index contributed by atoms with van der Waals surface area (Å²) in [5.41, 5.74) is 1.12. The molecule has 9 heteroatoms. The highest BCUT2D eigenvalue weighted by molar-refractivity contribution is 8.15. The minimum absolute atomic E-state index is 0.0203. The molecule has 2 unspecified atom stereocenters. The Balaban J connectivity index is 1.19. The van der Waals surface area contributed by atoms with E-state index in [2.05, 4.69) is 21.3 Å². The van der Waals surface area contributed by atoms with Gasteiger partial charge in [0.25, 0.3) is 11.8 Å². The molecule has 0 saturated carbocycles. The SMILES string of the molecule is O=C(CC1SC(N2CCCCC2)=NC1=O)Nc1cccc(C(=O)N2CCCC2c2cccs2)c1. The van der Waals surface area contributed by atoms with Gasteiger partial charge in [0, 0.05) is 42.2 Å². The number of anilines is 1. The highest BCUT2D eigenvalue weighted by Gasteiger charge is 2.34. The van der Waals surface area contributed by atoms with E-state index in [-0.39, 0.29) is 30.2 Å². The first-order valence-electron chi connectivity index (χ1n) is 11.9. The van der Waals surface area contributed by atoms with Gasteiger partial charge in [-0.05, 0) is 61.7 Å². The second kappa shape index (κ2) is 10.3. The van der Waals surface area contributed by atoms with Crippen LogP contribution in [-0.2, 0) is 9.59 Å². The van der Waals surface area contributed by atoms with Gasteiger partial charge in [-0.3, -0.25) is 14.4 Å². The lowest BCUT2D eigenvalue weighted by molar-refractivity contribution is -0.121. The largest absolute Gasteiger partial charge is 0.351 e.